The summed E-state index contributed by atoms with van der Waals surface area (Å²) in [5.41, 5.74) is 0.422. The fraction of sp³-hybridized carbons (Fsp3) is 0.250. The van der Waals surface area contributed by atoms with E-state index in [-0.39, 0.29) is 6.42 Å². The normalized spacial score (nSPS) is 10.4. The standard InChI is InChI=1S/C12H12ClN3O3/c13-10-3-1-2-4-11(10)19-6-5-16-8-9(14-15-16)7-12(17)18/h1-4,8H,5-7H2,(H,17,18). The van der Waals surface area contributed by atoms with E-state index in [2.05, 4.69) is 10.3 Å². The Morgan fingerprint density at radius 3 is 2.95 bits per heavy atom. The zero-order valence-corrected chi connectivity index (χ0v) is 10.7. The van der Waals surface area contributed by atoms with Crippen LogP contribution in [0.1, 0.15) is 5.69 Å². The van der Waals surface area contributed by atoms with Gasteiger partial charge in [-0.3, -0.25) is 4.79 Å². The number of aromatic nitrogens is 3. The number of carboxylic acids is 1. The van der Waals surface area contributed by atoms with E-state index in [0.29, 0.717) is 29.6 Å². The van der Waals surface area contributed by atoms with Crippen LogP contribution in [0.3, 0.4) is 0 Å². The summed E-state index contributed by atoms with van der Waals surface area (Å²) in [5, 5.41) is 16.7. The van der Waals surface area contributed by atoms with Gasteiger partial charge in [0.1, 0.15) is 12.4 Å². The monoisotopic (exact) mass is 281 g/mol. The molecular weight excluding hydrogens is 270 g/mol. The van der Waals surface area contributed by atoms with E-state index in [9.17, 15) is 4.79 Å². The number of carboxylic acid groups (broad SMARTS) is 1. The van der Waals surface area contributed by atoms with Crippen LogP contribution in [-0.4, -0.2) is 32.7 Å². The first-order chi connectivity index (χ1) is 9.15. The first kappa shape index (κ1) is 13.4. The van der Waals surface area contributed by atoms with E-state index < -0.39 is 5.97 Å². The highest BCUT2D eigenvalue weighted by Gasteiger charge is 2.06. The zero-order chi connectivity index (χ0) is 13.7. The largest absolute Gasteiger partial charge is 0.490 e. The highest BCUT2D eigenvalue weighted by Crippen LogP contribution is 2.22. The third-order valence-corrected chi connectivity index (χ3v) is 2.65. The molecule has 1 N–H and O–H groups in total. The van der Waals surface area contributed by atoms with Crippen LogP contribution in [-0.2, 0) is 17.8 Å². The first-order valence-electron chi connectivity index (χ1n) is 5.63. The minimum absolute atomic E-state index is 0.134. The number of nitrogens with zero attached hydrogens (tertiary/aromatic N) is 3. The zero-order valence-electron chi connectivity index (χ0n) is 9.99. The SMILES string of the molecule is O=C(O)Cc1cn(CCOc2ccccc2Cl)nn1. The van der Waals surface area contributed by atoms with Crippen molar-refractivity contribution < 1.29 is 14.6 Å². The Hall–Kier alpha value is -2.08. The van der Waals surface area contributed by atoms with E-state index in [1.54, 1.807) is 18.3 Å². The summed E-state index contributed by atoms with van der Waals surface area (Å²) in [7, 11) is 0. The highest BCUT2D eigenvalue weighted by atomic mass is 35.5. The van der Waals surface area contributed by atoms with Crippen molar-refractivity contribution in [2.75, 3.05) is 6.61 Å². The number of para-hydroxylation sites is 1. The van der Waals surface area contributed by atoms with Crippen LogP contribution in [0.2, 0.25) is 5.02 Å². The second kappa shape index (κ2) is 6.19. The molecule has 0 atom stereocenters. The van der Waals surface area contributed by atoms with Gasteiger partial charge in [-0.25, -0.2) is 4.68 Å². The Balaban J connectivity index is 1.84. The number of hydrogen-bond donors (Lipinski definition) is 1. The molecule has 1 heterocycles. The molecule has 1 aromatic heterocycles. The van der Waals surface area contributed by atoms with Crippen LogP contribution in [0.4, 0.5) is 0 Å². The number of benzene rings is 1. The van der Waals surface area contributed by atoms with Crippen molar-refractivity contribution >= 4 is 17.6 Å². The third-order valence-electron chi connectivity index (χ3n) is 2.33. The molecule has 0 saturated heterocycles. The summed E-state index contributed by atoms with van der Waals surface area (Å²) in [5.74, 6) is -0.325. The van der Waals surface area contributed by atoms with E-state index in [0.717, 1.165) is 0 Å². The molecule has 7 heteroatoms. The molecule has 100 valence electrons. The quantitative estimate of drug-likeness (QED) is 0.871. The maximum atomic E-state index is 10.5. The molecule has 0 aliphatic carbocycles. The van der Waals surface area contributed by atoms with Crippen molar-refractivity contribution in [2.24, 2.45) is 0 Å². The first-order valence-corrected chi connectivity index (χ1v) is 6.01. The highest BCUT2D eigenvalue weighted by molar-refractivity contribution is 6.32. The maximum absolute atomic E-state index is 10.5. The van der Waals surface area contributed by atoms with Gasteiger partial charge < -0.3 is 9.84 Å². The summed E-state index contributed by atoms with van der Waals surface area (Å²) < 4.78 is 7.03. The number of aliphatic carboxylic acids is 1. The van der Waals surface area contributed by atoms with E-state index in [1.807, 2.05) is 12.1 Å². The molecular formula is C12H12ClN3O3. The smallest absolute Gasteiger partial charge is 0.309 e. The summed E-state index contributed by atoms with van der Waals surface area (Å²) in [4.78, 5) is 10.5. The van der Waals surface area contributed by atoms with Crippen LogP contribution in [0, 0.1) is 0 Å². The maximum Gasteiger partial charge on any atom is 0.309 e. The Labute approximate surface area is 114 Å². The van der Waals surface area contributed by atoms with Crippen LogP contribution >= 0.6 is 11.6 Å². The van der Waals surface area contributed by atoms with Crippen LogP contribution < -0.4 is 4.74 Å². The molecule has 0 saturated carbocycles. The van der Waals surface area contributed by atoms with Gasteiger partial charge in [0.05, 0.1) is 23.7 Å². The number of halogens is 1. The van der Waals surface area contributed by atoms with Crippen molar-refractivity contribution in [1.82, 2.24) is 15.0 Å². The molecule has 0 aliphatic rings. The number of carbonyl (C=O) groups is 1. The summed E-state index contributed by atoms with van der Waals surface area (Å²) in [6.07, 6.45) is 1.45. The third kappa shape index (κ3) is 3.96. The Kier molecular flexibility index (Phi) is 4.35. The van der Waals surface area contributed by atoms with Crippen molar-refractivity contribution in [2.45, 2.75) is 13.0 Å². The lowest BCUT2D eigenvalue weighted by molar-refractivity contribution is -0.136. The second-order valence-corrected chi connectivity index (χ2v) is 4.23. The van der Waals surface area contributed by atoms with Gasteiger partial charge in [0, 0.05) is 6.20 Å². The molecule has 1 aromatic carbocycles. The molecule has 0 amide bonds. The Morgan fingerprint density at radius 2 is 2.21 bits per heavy atom. The van der Waals surface area contributed by atoms with Gasteiger partial charge >= 0.3 is 5.97 Å². The van der Waals surface area contributed by atoms with Crippen molar-refractivity contribution in [3.63, 3.8) is 0 Å². The predicted octanol–water partition coefficient (Wildman–Crippen LogP) is 1.64. The Bertz CT molecular complexity index is 571. The molecule has 0 fully saturated rings. The van der Waals surface area contributed by atoms with Gasteiger partial charge in [0.15, 0.2) is 0 Å². The fourth-order valence-electron chi connectivity index (χ4n) is 1.49. The van der Waals surface area contributed by atoms with Gasteiger partial charge in [0.2, 0.25) is 0 Å². The average molecular weight is 282 g/mol. The van der Waals surface area contributed by atoms with Gasteiger partial charge in [-0.1, -0.05) is 28.9 Å². The van der Waals surface area contributed by atoms with Crippen molar-refractivity contribution in [3.8, 4) is 5.75 Å². The minimum Gasteiger partial charge on any atom is -0.490 e. The van der Waals surface area contributed by atoms with Gasteiger partial charge in [-0.2, -0.15) is 0 Å². The van der Waals surface area contributed by atoms with Crippen molar-refractivity contribution in [1.29, 1.82) is 0 Å². The van der Waals surface area contributed by atoms with Crippen LogP contribution in [0.5, 0.6) is 5.75 Å². The number of rotatable bonds is 6. The molecule has 0 radical (unpaired) electrons. The van der Waals surface area contributed by atoms with E-state index in [4.69, 9.17) is 21.4 Å². The lowest BCUT2D eigenvalue weighted by atomic mass is 10.3. The summed E-state index contributed by atoms with van der Waals surface area (Å²) in [6.45, 7) is 0.845. The number of hydrogen-bond acceptors (Lipinski definition) is 4. The van der Waals surface area contributed by atoms with Crippen LogP contribution in [0.25, 0.3) is 0 Å². The fourth-order valence-corrected chi connectivity index (χ4v) is 1.68. The molecule has 2 aromatic rings. The average Bonchev–Trinajstić information content (AvgIpc) is 2.78. The summed E-state index contributed by atoms with van der Waals surface area (Å²) >= 11 is 5.94. The lowest BCUT2D eigenvalue weighted by Gasteiger charge is -2.07. The Morgan fingerprint density at radius 1 is 1.42 bits per heavy atom. The van der Waals surface area contributed by atoms with E-state index in [1.165, 1.54) is 4.68 Å². The second-order valence-electron chi connectivity index (χ2n) is 3.82. The molecule has 0 bridgehead atoms. The van der Waals surface area contributed by atoms with Gasteiger partial charge in [0.25, 0.3) is 0 Å². The van der Waals surface area contributed by atoms with E-state index >= 15 is 0 Å². The minimum atomic E-state index is -0.931. The van der Waals surface area contributed by atoms with Gasteiger partial charge in [-0.15, -0.1) is 5.10 Å². The molecule has 0 unspecified atom stereocenters. The molecule has 6 nitrogen and oxygen atoms in total. The lowest BCUT2D eigenvalue weighted by Crippen LogP contribution is -2.09. The molecule has 19 heavy (non-hydrogen) atoms. The predicted molar refractivity (Wildman–Crippen MR) is 68.3 cm³/mol. The topological polar surface area (TPSA) is 77.2 Å². The molecule has 0 spiro atoms. The van der Waals surface area contributed by atoms with Crippen LogP contribution in [0.15, 0.2) is 30.5 Å². The molecule has 0 aliphatic heterocycles. The van der Waals surface area contributed by atoms with Crippen molar-refractivity contribution in [3.05, 3.63) is 41.2 Å². The van der Waals surface area contributed by atoms with Gasteiger partial charge in [-0.05, 0) is 12.1 Å². The number of ether oxygens (including phenoxy) is 1. The summed E-state index contributed by atoms with van der Waals surface area (Å²) in [6, 6.07) is 7.18. The molecule has 2 rings (SSSR count).